The molecule has 2 rings (SSSR count). The van der Waals surface area contributed by atoms with Gasteiger partial charge in [0.15, 0.2) is 17.0 Å². The van der Waals surface area contributed by atoms with Gasteiger partial charge in [-0.3, -0.25) is 4.79 Å². The highest BCUT2D eigenvalue weighted by Gasteiger charge is 2.36. The molecular weight excluding hydrogens is 444 g/mol. The summed E-state index contributed by atoms with van der Waals surface area (Å²) < 4.78 is 110. The first-order valence-electron chi connectivity index (χ1n) is 7.97. The number of nitrogens with one attached hydrogen (secondary N) is 1. The van der Waals surface area contributed by atoms with E-state index in [0.717, 1.165) is 12.1 Å². The number of nitrogens with zero attached hydrogens (tertiary/aromatic N) is 1. The third-order valence-corrected chi connectivity index (χ3v) is 3.84. The molecule has 0 bridgehead atoms. The van der Waals surface area contributed by atoms with Gasteiger partial charge in [-0.1, -0.05) is 6.07 Å². The zero-order valence-corrected chi connectivity index (χ0v) is 15.2. The monoisotopic (exact) mass is 454 g/mol. The number of amides is 1. The molecule has 0 aliphatic heterocycles. The number of hydrogen-bond acceptors (Lipinski definition) is 3. The Morgan fingerprint density at radius 3 is 2.06 bits per heavy atom. The van der Waals surface area contributed by atoms with Crippen LogP contribution in [0.3, 0.4) is 0 Å². The van der Waals surface area contributed by atoms with E-state index in [-0.39, 0.29) is 0 Å². The van der Waals surface area contributed by atoms with E-state index >= 15 is 0 Å². The Morgan fingerprint density at radius 1 is 1.06 bits per heavy atom. The van der Waals surface area contributed by atoms with E-state index in [4.69, 9.17) is 6.57 Å². The number of halogens is 8. The van der Waals surface area contributed by atoms with Crippen molar-refractivity contribution in [2.75, 3.05) is 11.9 Å². The summed E-state index contributed by atoms with van der Waals surface area (Å²) in [7, 11) is 0. The Balaban J connectivity index is 2.23. The fourth-order valence-corrected chi connectivity index (χ4v) is 2.19. The Hall–Kier alpha value is -3.40. The fourth-order valence-electron chi connectivity index (χ4n) is 2.19. The van der Waals surface area contributed by atoms with Gasteiger partial charge in [0.05, 0.1) is 12.1 Å². The molecule has 0 radical (unpaired) electrons. The second kappa shape index (κ2) is 8.38. The molecule has 0 saturated carbocycles. The third-order valence-electron chi connectivity index (χ3n) is 3.84. The van der Waals surface area contributed by atoms with Crippen LogP contribution in [-0.4, -0.2) is 23.2 Å². The molecule has 2 aromatic carbocycles. The van der Waals surface area contributed by atoms with Gasteiger partial charge >= 0.3 is 6.18 Å². The van der Waals surface area contributed by atoms with E-state index in [1.165, 1.54) is 0 Å². The van der Waals surface area contributed by atoms with E-state index in [9.17, 15) is 45.0 Å². The van der Waals surface area contributed by atoms with Crippen LogP contribution in [0.2, 0.25) is 0 Å². The molecule has 166 valence electrons. The summed E-state index contributed by atoms with van der Waals surface area (Å²) >= 11 is 0. The maximum atomic E-state index is 13.6. The number of aliphatic hydroxyl groups is 1. The molecule has 2 aromatic rings. The zero-order valence-electron chi connectivity index (χ0n) is 15.2. The smallest absolute Gasteiger partial charge is 0.407 e. The standard InChI is InChI=1S/C18H10F8N2O3/c1-17(30,6-31-15-13(22)11(20)10(19)12(21)14(15)23)16(29)28-7-3-4-9(27-2)8(5-7)18(24,25)26/h3-5,30H,6H2,1H3,(H,28,29)/t17-/m0/s1. The summed E-state index contributed by atoms with van der Waals surface area (Å²) in [6.45, 7) is 6.12. The van der Waals surface area contributed by atoms with Crippen molar-refractivity contribution in [3.05, 3.63) is 64.3 Å². The molecule has 0 heterocycles. The first kappa shape index (κ1) is 23.9. The van der Waals surface area contributed by atoms with Crippen LogP contribution in [0.25, 0.3) is 4.85 Å². The van der Waals surface area contributed by atoms with Gasteiger partial charge < -0.3 is 15.2 Å². The molecule has 2 N–H and O–H groups in total. The molecule has 0 unspecified atom stereocenters. The van der Waals surface area contributed by atoms with Crippen LogP contribution < -0.4 is 10.1 Å². The van der Waals surface area contributed by atoms with Crippen molar-refractivity contribution in [1.29, 1.82) is 0 Å². The van der Waals surface area contributed by atoms with E-state index in [1.54, 1.807) is 0 Å². The molecule has 0 fully saturated rings. The van der Waals surface area contributed by atoms with Crippen LogP contribution in [0.1, 0.15) is 12.5 Å². The Labute approximate surface area is 168 Å². The maximum Gasteiger partial charge on any atom is 0.407 e. The molecule has 0 saturated heterocycles. The Kier molecular flexibility index (Phi) is 6.46. The third kappa shape index (κ3) is 4.85. The number of benzene rings is 2. The van der Waals surface area contributed by atoms with Crippen molar-refractivity contribution in [1.82, 2.24) is 0 Å². The molecule has 0 aromatic heterocycles. The van der Waals surface area contributed by atoms with Crippen molar-refractivity contribution in [2.24, 2.45) is 0 Å². The van der Waals surface area contributed by atoms with E-state index in [1.807, 2.05) is 5.32 Å². The number of alkyl halides is 3. The Morgan fingerprint density at radius 2 is 1.58 bits per heavy atom. The van der Waals surface area contributed by atoms with Crippen LogP contribution >= 0.6 is 0 Å². The first-order valence-corrected chi connectivity index (χ1v) is 7.97. The van der Waals surface area contributed by atoms with Gasteiger partial charge in [-0.2, -0.15) is 22.0 Å². The summed E-state index contributed by atoms with van der Waals surface area (Å²) in [6, 6.07) is 2.08. The molecule has 5 nitrogen and oxygen atoms in total. The Bertz CT molecular complexity index is 1050. The molecule has 1 amide bonds. The summed E-state index contributed by atoms with van der Waals surface area (Å²) in [5, 5.41) is 12.0. The lowest BCUT2D eigenvalue weighted by molar-refractivity contribution is -0.137. The summed E-state index contributed by atoms with van der Waals surface area (Å²) in [4.78, 5) is 14.8. The van der Waals surface area contributed by atoms with E-state index < -0.39 is 76.1 Å². The second-order valence-electron chi connectivity index (χ2n) is 6.26. The van der Waals surface area contributed by atoms with Gasteiger partial charge in [0.2, 0.25) is 29.1 Å². The normalized spacial score (nSPS) is 13.3. The van der Waals surface area contributed by atoms with Crippen LogP contribution in [0.15, 0.2) is 18.2 Å². The second-order valence-corrected chi connectivity index (χ2v) is 6.26. The predicted octanol–water partition coefficient (Wildman–Crippen LogP) is 4.72. The van der Waals surface area contributed by atoms with Crippen molar-refractivity contribution >= 4 is 17.3 Å². The maximum absolute atomic E-state index is 13.6. The minimum Gasteiger partial charge on any atom is -0.484 e. The van der Waals surface area contributed by atoms with Gasteiger partial charge in [0.25, 0.3) is 5.91 Å². The quantitative estimate of drug-likeness (QED) is 0.298. The number of ether oxygens (including phenoxy) is 1. The number of rotatable bonds is 5. The summed E-state index contributed by atoms with van der Waals surface area (Å²) in [5.41, 5.74) is -5.32. The number of carbonyl (C=O) groups is 1. The number of hydrogen-bond donors (Lipinski definition) is 2. The summed E-state index contributed by atoms with van der Waals surface area (Å²) in [6.07, 6.45) is -4.93. The van der Waals surface area contributed by atoms with Crippen LogP contribution in [0.5, 0.6) is 5.75 Å². The van der Waals surface area contributed by atoms with Crippen molar-refractivity contribution in [3.8, 4) is 5.75 Å². The average molecular weight is 454 g/mol. The van der Waals surface area contributed by atoms with Crippen LogP contribution in [0, 0.1) is 35.7 Å². The van der Waals surface area contributed by atoms with Gasteiger partial charge in [-0.15, -0.1) is 0 Å². The highest BCUT2D eigenvalue weighted by atomic mass is 19.4. The van der Waals surface area contributed by atoms with Crippen LogP contribution in [-0.2, 0) is 11.0 Å². The lowest BCUT2D eigenvalue weighted by atomic mass is 10.1. The predicted molar refractivity (Wildman–Crippen MR) is 88.7 cm³/mol. The van der Waals surface area contributed by atoms with Crippen molar-refractivity contribution < 1.29 is 49.8 Å². The summed E-state index contributed by atoms with van der Waals surface area (Å²) in [5.74, 6) is -15.0. The van der Waals surface area contributed by atoms with Gasteiger partial charge in [0.1, 0.15) is 6.61 Å². The van der Waals surface area contributed by atoms with Gasteiger partial charge in [-0.05, 0) is 19.1 Å². The van der Waals surface area contributed by atoms with Crippen LogP contribution in [0.4, 0.5) is 46.5 Å². The molecule has 0 aliphatic rings. The van der Waals surface area contributed by atoms with Gasteiger partial charge in [-0.25, -0.2) is 18.0 Å². The molecule has 1 atom stereocenters. The molecule has 0 spiro atoms. The average Bonchev–Trinajstić information content (AvgIpc) is 2.70. The molecule has 31 heavy (non-hydrogen) atoms. The topological polar surface area (TPSA) is 62.9 Å². The lowest BCUT2D eigenvalue weighted by Crippen LogP contribution is -2.45. The minimum absolute atomic E-state index is 0.409. The molecule has 0 aliphatic carbocycles. The molecular formula is C18H10F8N2O3. The first-order chi connectivity index (χ1) is 14.2. The SMILES string of the molecule is [C-]#[N+]c1ccc(NC(=O)[C@@](C)(O)COc2c(F)c(F)c(F)c(F)c2F)cc1C(F)(F)F. The van der Waals surface area contributed by atoms with E-state index in [2.05, 4.69) is 9.58 Å². The zero-order chi connectivity index (χ0) is 23.7. The number of anilines is 1. The fraction of sp³-hybridized carbons (Fsp3) is 0.222. The number of carbonyl (C=O) groups excluding carboxylic acids is 1. The highest BCUT2D eigenvalue weighted by molar-refractivity contribution is 5.97. The molecule has 13 heteroatoms. The highest BCUT2D eigenvalue weighted by Crippen LogP contribution is 2.38. The van der Waals surface area contributed by atoms with Crippen molar-refractivity contribution in [2.45, 2.75) is 18.7 Å². The van der Waals surface area contributed by atoms with Crippen molar-refractivity contribution in [3.63, 3.8) is 0 Å². The largest absolute Gasteiger partial charge is 0.484 e. The van der Waals surface area contributed by atoms with E-state index in [0.29, 0.717) is 13.0 Å². The van der Waals surface area contributed by atoms with Gasteiger partial charge in [0, 0.05) is 5.69 Å². The minimum atomic E-state index is -4.93. The lowest BCUT2D eigenvalue weighted by Gasteiger charge is -2.23.